The Morgan fingerprint density at radius 3 is 1.10 bits per heavy atom. The number of piperazine rings is 1. The Bertz CT molecular complexity index is 2670. The van der Waals surface area contributed by atoms with Crippen LogP contribution in [0.5, 0.6) is 0 Å². The molecule has 12 heteroatoms. The van der Waals surface area contributed by atoms with E-state index in [1.165, 1.54) is 23.6 Å². The highest BCUT2D eigenvalue weighted by Crippen LogP contribution is 2.45. The van der Waals surface area contributed by atoms with Crippen molar-refractivity contribution < 1.29 is 28.8 Å². The highest BCUT2D eigenvalue weighted by atomic mass is 16.2. The molecule has 12 nitrogen and oxygen atoms in total. The van der Waals surface area contributed by atoms with E-state index in [0.29, 0.717) is 37.1 Å². The highest BCUT2D eigenvalue weighted by molar-refractivity contribution is 6.23. The van der Waals surface area contributed by atoms with E-state index in [4.69, 9.17) is 0 Å². The number of hydrogen-bond acceptors (Lipinski definition) is 8. The van der Waals surface area contributed by atoms with Crippen molar-refractivity contribution in [2.45, 2.75) is 39.5 Å². The van der Waals surface area contributed by atoms with Crippen molar-refractivity contribution in [1.29, 1.82) is 0 Å². The second-order valence-corrected chi connectivity index (χ2v) is 16.9. The topological polar surface area (TPSA) is 125 Å². The number of para-hydroxylation sites is 2. The van der Waals surface area contributed by atoms with E-state index >= 15 is 0 Å². The lowest BCUT2D eigenvalue weighted by Gasteiger charge is -2.37. The van der Waals surface area contributed by atoms with Gasteiger partial charge in [0.2, 0.25) is 35.4 Å². The first-order chi connectivity index (χ1) is 29.1. The van der Waals surface area contributed by atoms with E-state index in [-0.39, 0.29) is 35.4 Å². The molecule has 2 aromatic heterocycles. The summed E-state index contributed by atoms with van der Waals surface area (Å²) in [5, 5.41) is 1.93. The van der Waals surface area contributed by atoms with Crippen LogP contribution in [0, 0.1) is 23.7 Å². The molecule has 3 fully saturated rings. The third-order valence-corrected chi connectivity index (χ3v) is 13.8. The molecule has 4 aromatic carbocycles. The minimum Gasteiger partial charge on any atom is -0.368 e. The quantitative estimate of drug-likeness (QED) is 0.198. The molecule has 3 aliphatic heterocycles. The van der Waals surface area contributed by atoms with Crippen LogP contribution >= 0.6 is 0 Å². The number of fused-ring (bicyclic) bond motifs is 8. The predicted molar refractivity (Wildman–Crippen MR) is 228 cm³/mol. The lowest BCUT2D eigenvalue weighted by molar-refractivity contribution is -0.124. The molecule has 0 saturated carbocycles. The number of hydrogen-bond donors (Lipinski definition) is 0. The van der Waals surface area contributed by atoms with Crippen molar-refractivity contribution in [2.75, 3.05) is 45.8 Å². The number of carbonyl (C=O) groups excluding carboxylic acids is 6. The van der Waals surface area contributed by atoms with E-state index in [0.717, 1.165) is 81.9 Å². The normalized spacial score (nSPS) is 22.4. The summed E-state index contributed by atoms with van der Waals surface area (Å²) in [6, 6.07) is 30.8. The van der Waals surface area contributed by atoms with E-state index in [9.17, 15) is 28.8 Å². The summed E-state index contributed by atoms with van der Waals surface area (Å²) in [6.07, 6.45) is 1.57. The standard InChI is InChI=1S/C48H42N6O6/c1-27(55)51-41-9-5-3-7-33(41)35-23-37-39(25-43(35)51)47(59)53(45(37)57)31-15-11-29(12-16-31)49-19-21-50(22-20-49)30-13-17-32(18-14-30)54-46(58)38-24-36-34-8-4-6-10-42(34)52(28(2)56)44(36)26-40(38)48(54)60/h3-18,37-40H,19-26H2,1-2H3/t37-,38-,39+,40+/m0/s1. The van der Waals surface area contributed by atoms with Crippen LogP contribution < -0.4 is 19.6 Å². The largest absolute Gasteiger partial charge is 0.368 e. The van der Waals surface area contributed by atoms with E-state index < -0.39 is 23.7 Å². The van der Waals surface area contributed by atoms with Crippen LogP contribution in [0.25, 0.3) is 21.8 Å². The number of aromatic nitrogens is 2. The Hall–Kier alpha value is -6.82. The average molecular weight is 799 g/mol. The number of rotatable bonds is 4. The maximum absolute atomic E-state index is 13.9. The molecule has 6 aromatic rings. The zero-order chi connectivity index (χ0) is 41.1. The van der Waals surface area contributed by atoms with Gasteiger partial charge in [-0.15, -0.1) is 0 Å². The second kappa shape index (κ2) is 13.4. The second-order valence-electron chi connectivity index (χ2n) is 16.9. The Balaban J connectivity index is 0.743. The Labute approximate surface area is 345 Å². The molecule has 2 aliphatic carbocycles. The predicted octanol–water partition coefficient (Wildman–Crippen LogP) is 6.05. The first kappa shape index (κ1) is 36.3. The average Bonchev–Trinajstić information content (AvgIpc) is 3.93. The molecule has 0 unspecified atom stereocenters. The molecular weight excluding hydrogens is 757 g/mol. The molecule has 0 radical (unpaired) electrons. The van der Waals surface area contributed by atoms with Gasteiger partial charge in [0.05, 0.1) is 46.1 Å². The van der Waals surface area contributed by atoms with Crippen molar-refractivity contribution >= 4 is 80.0 Å². The fraction of sp³-hybridized carbons (Fsp3) is 0.292. The number of benzene rings is 4. The molecule has 3 saturated heterocycles. The smallest absolute Gasteiger partial charge is 0.238 e. The number of anilines is 4. The van der Waals surface area contributed by atoms with E-state index in [2.05, 4.69) is 9.80 Å². The maximum atomic E-state index is 13.9. The third kappa shape index (κ3) is 5.22. The van der Waals surface area contributed by atoms with Crippen LogP contribution in [0.4, 0.5) is 22.7 Å². The van der Waals surface area contributed by atoms with Gasteiger partial charge in [-0.3, -0.25) is 47.7 Å². The first-order valence-corrected chi connectivity index (χ1v) is 20.8. The fourth-order valence-corrected chi connectivity index (χ4v) is 11.0. The number of nitrogens with zero attached hydrogens (tertiary/aromatic N) is 6. The number of imide groups is 2. The Morgan fingerprint density at radius 1 is 0.433 bits per heavy atom. The fourth-order valence-electron chi connectivity index (χ4n) is 11.0. The van der Waals surface area contributed by atoms with Gasteiger partial charge in [0, 0.05) is 86.4 Å². The molecule has 5 aliphatic rings. The van der Waals surface area contributed by atoms with Crippen LogP contribution in [-0.2, 0) is 44.9 Å². The van der Waals surface area contributed by atoms with Crippen LogP contribution in [0.2, 0.25) is 0 Å². The molecule has 300 valence electrons. The molecule has 0 N–H and O–H groups in total. The summed E-state index contributed by atoms with van der Waals surface area (Å²) in [7, 11) is 0. The van der Waals surface area contributed by atoms with Crippen molar-refractivity contribution in [3.05, 3.63) is 120 Å². The Morgan fingerprint density at radius 2 is 0.750 bits per heavy atom. The molecular formula is C48H42N6O6. The van der Waals surface area contributed by atoms with Gasteiger partial charge >= 0.3 is 0 Å². The van der Waals surface area contributed by atoms with Crippen LogP contribution in [-0.4, -0.2) is 70.8 Å². The lowest BCUT2D eigenvalue weighted by atomic mass is 9.79. The minimum absolute atomic E-state index is 0.0998. The van der Waals surface area contributed by atoms with Gasteiger partial charge in [-0.1, -0.05) is 36.4 Å². The van der Waals surface area contributed by atoms with E-state index in [1.807, 2.05) is 97.1 Å². The van der Waals surface area contributed by atoms with Gasteiger partial charge in [0.15, 0.2) is 0 Å². The number of carbonyl (C=O) groups is 6. The van der Waals surface area contributed by atoms with Gasteiger partial charge < -0.3 is 9.80 Å². The summed E-state index contributed by atoms with van der Waals surface area (Å²) < 4.78 is 3.42. The summed E-state index contributed by atoms with van der Waals surface area (Å²) in [6.45, 7) is 6.08. The van der Waals surface area contributed by atoms with Crippen LogP contribution in [0.3, 0.4) is 0 Å². The molecule has 60 heavy (non-hydrogen) atoms. The van der Waals surface area contributed by atoms with Gasteiger partial charge in [0.25, 0.3) is 0 Å². The van der Waals surface area contributed by atoms with Gasteiger partial charge in [0.1, 0.15) is 0 Å². The third-order valence-electron chi connectivity index (χ3n) is 13.8. The molecule has 11 rings (SSSR count). The summed E-state index contributed by atoms with van der Waals surface area (Å²) in [4.78, 5) is 88.1. The van der Waals surface area contributed by atoms with Crippen LogP contribution in [0.1, 0.15) is 46.0 Å². The maximum Gasteiger partial charge on any atom is 0.238 e. The molecule has 0 spiro atoms. The molecule has 0 bridgehead atoms. The van der Waals surface area contributed by atoms with Crippen molar-refractivity contribution in [1.82, 2.24) is 9.13 Å². The SMILES string of the molecule is CC(=O)n1c2c(c3ccccc31)C[C@@H]1C(=O)N(c3ccc(N4CCN(c5ccc(N6C(=O)[C@H]7Cc8c(n(C(C)=O)c9ccccc89)C[C@H]7C6=O)cc5)CC4)cc3)C(=O)[C@@H]1C2. The zero-order valence-electron chi connectivity index (χ0n) is 33.3. The van der Waals surface area contributed by atoms with Crippen molar-refractivity contribution in [3.63, 3.8) is 0 Å². The first-order valence-electron chi connectivity index (χ1n) is 20.8. The lowest BCUT2D eigenvalue weighted by Crippen LogP contribution is -2.46. The van der Waals surface area contributed by atoms with Crippen molar-refractivity contribution in [3.8, 4) is 0 Å². The molecule has 5 heterocycles. The van der Waals surface area contributed by atoms with Crippen LogP contribution in [0.15, 0.2) is 97.1 Å². The molecule has 4 atom stereocenters. The van der Waals surface area contributed by atoms with Gasteiger partial charge in [-0.05, 0) is 84.6 Å². The number of amides is 4. The summed E-state index contributed by atoms with van der Waals surface area (Å²) in [5.41, 5.74) is 8.42. The van der Waals surface area contributed by atoms with Gasteiger partial charge in [-0.25, -0.2) is 0 Å². The Kier molecular flexibility index (Phi) is 8.07. The monoisotopic (exact) mass is 798 g/mol. The zero-order valence-corrected chi connectivity index (χ0v) is 33.3. The molecule has 4 amide bonds. The van der Waals surface area contributed by atoms with E-state index in [1.54, 1.807) is 9.13 Å². The summed E-state index contributed by atoms with van der Waals surface area (Å²) >= 11 is 0. The van der Waals surface area contributed by atoms with Crippen molar-refractivity contribution in [2.24, 2.45) is 23.7 Å². The minimum atomic E-state index is -0.508. The van der Waals surface area contributed by atoms with Gasteiger partial charge in [-0.2, -0.15) is 0 Å². The highest BCUT2D eigenvalue weighted by Gasteiger charge is 2.53. The summed E-state index contributed by atoms with van der Waals surface area (Å²) in [5.74, 6) is -2.95.